The van der Waals surface area contributed by atoms with E-state index >= 15 is 0 Å². The maximum absolute atomic E-state index is 13.1. The molecular formula is C33H42N6O5. The van der Waals surface area contributed by atoms with Gasteiger partial charge in [-0.25, -0.2) is 4.79 Å². The number of nitrogens with zero attached hydrogens (tertiary/aromatic N) is 5. The van der Waals surface area contributed by atoms with E-state index < -0.39 is 11.6 Å². The summed E-state index contributed by atoms with van der Waals surface area (Å²) >= 11 is 0. The van der Waals surface area contributed by atoms with Gasteiger partial charge < -0.3 is 29.5 Å². The van der Waals surface area contributed by atoms with E-state index in [0.29, 0.717) is 34.7 Å². The number of likely N-dealkylation sites (tertiary alicyclic amines) is 3. The van der Waals surface area contributed by atoms with Gasteiger partial charge in [0.15, 0.2) is 0 Å². The highest BCUT2D eigenvalue weighted by Gasteiger charge is 2.54. The molecule has 1 aromatic carbocycles. The van der Waals surface area contributed by atoms with Gasteiger partial charge in [-0.05, 0) is 89.6 Å². The lowest BCUT2D eigenvalue weighted by Gasteiger charge is -2.27. The minimum absolute atomic E-state index is 0.142. The number of piperidine rings is 1. The predicted octanol–water partition coefficient (Wildman–Crippen LogP) is 3.58. The van der Waals surface area contributed by atoms with Gasteiger partial charge in [0.1, 0.15) is 17.4 Å². The van der Waals surface area contributed by atoms with Crippen molar-refractivity contribution in [3.8, 4) is 11.8 Å². The molecule has 3 amide bonds. The van der Waals surface area contributed by atoms with Crippen LogP contribution in [-0.2, 0) is 9.53 Å². The van der Waals surface area contributed by atoms with Crippen LogP contribution in [-0.4, -0.2) is 101 Å². The monoisotopic (exact) mass is 602 g/mol. The standard InChI is InChI=1S/C33H42N6O5/c1-32(2,3)44-31(42)38-13-9-33(21-38)8-12-37(20-33)11-4-14-43-24-5-6-27-26(17-24)25(7-10-35-27)30(41)36-19-29(40)39-23(18-34)15-22-16-28(22)39/h5-7,10,17,22-23,28H,4,8-9,11-16,19-21H2,1-3H3,(H,36,41)/t22-,23+,28+,33?/m1/s1. The number of fused-ring (bicyclic) bond motifs is 2. The number of hydrogen-bond donors (Lipinski definition) is 1. The number of amides is 3. The third kappa shape index (κ3) is 6.46. The first kappa shape index (κ1) is 30.1. The molecule has 1 spiro atoms. The first-order valence-corrected chi connectivity index (χ1v) is 15.7. The third-order valence-electron chi connectivity index (χ3n) is 9.39. The van der Waals surface area contributed by atoms with E-state index in [-0.39, 0.29) is 35.9 Å². The van der Waals surface area contributed by atoms with Gasteiger partial charge in [0.05, 0.1) is 30.3 Å². The van der Waals surface area contributed by atoms with Crippen molar-refractivity contribution in [1.29, 1.82) is 5.26 Å². The molecule has 1 N–H and O–H groups in total. The fraction of sp³-hybridized carbons (Fsp3) is 0.606. The van der Waals surface area contributed by atoms with Crippen molar-refractivity contribution in [2.75, 3.05) is 45.9 Å². The van der Waals surface area contributed by atoms with Crippen molar-refractivity contribution in [1.82, 2.24) is 25.0 Å². The summed E-state index contributed by atoms with van der Waals surface area (Å²) in [5.41, 5.74) is 0.758. The Hall–Kier alpha value is -3.91. The van der Waals surface area contributed by atoms with Crippen molar-refractivity contribution < 1.29 is 23.9 Å². The minimum atomic E-state index is -0.485. The van der Waals surface area contributed by atoms with Crippen LogP contribution in [0.15, 0.2) is 30.5 Å². The Bertz CT molecular complexity index is 1480. The Morgan fingerprint density at radius 3 is 2.75 bits per heavy atom. The lowest BCUT2D eigenvalue weighted by atomic mass is 9.86. The number of nitriles is 1. The topological polar surface area (TPSA) is 128 Å². The van der Waals surface area contributed by atoms with Crippen LogP contribution in [0.4, 0.5) is 4.79 Å². The van der Waals surface area contributed by atoms with E-state index in [1.165, 1.54) is 0 Å². The summed E-state index contributed by atoms with van der Waals surface area (Å²) in [6.07, 6.45) is 5.99. The summed E-state index contributed by atoms with van der Waals surface area (Å²) in [5, 5.41) is 12.8. The molecule has 11 nitrogen and oxygen atoms in total. The molecule has 4 heterocycles. The normalized spacial score (nSPS) is 26.1. The molecule has 4 aliphatic rings. The molecule has 1 aliphatic carbocycles. The summed E-state index contributed by atoms with van der Waals surface area (Å²) in [7, 11) is 0. The molecular weight excluding hydrogens is 560 g/mol. The van der Waals surface area contributed by atoms with Crippen molar-refractivity contribution in [2.45, 2.75) is 70.6 Å². The van der Waals surface area contributed by atoms with Crippen molar-refractivity contribution >= 4 is 28.8 Å². The Kier molecular flexibility index (Phi) is 8.14. The summed E-state index contributed by atoms with van der Waals surface area (Å²) in [6.45, 7) is 10.5. The van der Waals surface area contributed by atoms with E-state index in [0.717, 1.165) is 64.8 Å². The number of rotatable bonds is 8. The van der Waals surface area contributed by atoms with Crippen molar-refractivity contribution in [2.24, 2.45) is 11.3 Å². The van der Waals surface area contributed by atoms with Crippen LogP contribution < -0.4 is 10.1 Å². The number of hydrogen-bond acceptors (Lipinski definition) is 8. The number of benzene rings is 1. The maximum Gasteiger partial charge on any atom is 0.410 e. The molecule has 1 saturated carbocycles. The van der Waals surface area contributed by atoms with Crippen LogP contribution in [0.5, 0.6) is 5.75 Å². The first-order valence-electron chi connectivity index (χ1n) is 15.7. The molecule has 2 aromatic rings. The highest BCUT2D eigenvalue weighted by atomic mass is 16.6. The Morgan fingerprint density at radius 2 is 1.95 bits per heavy atom. The predicted molar refractivity (Wildman–Crippen MR) is 163 cm³/mol. The summed E-state index contributed by atoms with van der Waals surface area (Å²) in [4.78, 5) is 48.8. The fourth-order valence-electron chi connectivity index (χ4n) is 7.13. The molecule has 234 valence electrons. The largest absolute Gasteiger partial charge is 0.494 e. The summed E-state index contributed by atoms with van der Waals surface area (Å²) in [5.74, 6) is 0.515. The summed E-state index contributed by atoms with van der Waals surface area (Å²) in [6, 6.07) is 9.14. The van der Waals surface area contributed by atoms with E-state index in [1.54, 1.807) is 17.2 Å². The molecule has 1 unspecified atom stereocenters. The van der Waals surface area contributed by atoms with Crippen LogP contribution in [0.2, 0.25) is 0 Å². The molecule has 0 radical (unpaired) electrons. The average molecular weight is 603 g/mol. The lowest BCUT2D eigenvalue weighted by Crippen LogP contribution is -2.44. The van der Waals surface area contributed by atoms with Crippen LogP contribution in [0.1, 0.15) is 63.2 Å². The lowest BCUT2D eigenvalue weighted by molar-refractivity contribution is -0.131. The van der Waals surface area contributed by atoms with E-state index in [9.17, 15) is 19.6 Å². The number of aromatic nitrogens is 1. The Balaban J connectivity index is 0.980. The number of nitrogens with one attached hydrogen (secondary N) is 1. The zero-order valence-corrected chi connectivity index (χ0v) is 25.9. The highest BCUT2D eigenvalue weighted by Crippen LogP contribution is 2.47. The van der Waals surface area contributed by atoms with Gasteiger partial charge in [-0.1, -0.05) is 0 Å². The Morgan fingerprint density at radius 1 is 1.14 bits per heavy atom. The quantitative estimate of drug-likeness (QED) is 0.454. The SMILES string of the molecule is CC(C)(C)OC(=O)N1CCC2(CCN(CCCOc3ccc4nccc(C(=O)NCC(=O)N5[C@H](C#N)C[C@@H]6C[C@@H]65)c4c3)C2)C1. The molecule has 3 saturated heterocycles. The number of carbonyl (C=O) groups excluding carboxylic acids is 3. The van der Waals surface area contributed by atoms with Crippen LogP contribution >= 0.6 is 0 Å². The smallest absolute Gasteiger partial charge is 0.410 e. The van der Waals surface area contributed by atoms with Gasteiger partial charge in [0, 0.05) is 49.2 Å². The maximum atomic E-state index is 13.1. The van der Waals surface area contributed by atoms with Gasteiger partial charge in [-0.2, -0.15) is 5.26 Å². The van der Waals surface area contributed by atoms with Gasteiger partial charge >= 0.3 is 6.09 Å². The van der Waals surface area contributed by atoms with Crippen LogP contribution in [0.3, 0.4) is 0 Å². The molecule has 1 aromatic heterocycles. The highest BCUT2D eigenvalue weighted by molar-refractivity contribution is 6.07. The number of carbonyl (C=O) groups is 3. The van der Waals surface area contributed by atoms with E-state index in [4.69, 9.17) is 9.47 Å². The molecule has 11 heteroatoms. The molecule has 3 aliphatic heterocycles. The second kappa shape index (κ2) is 11.9. The molecule has 4 fully saturated rings. The second-order valence-corrected chi connectivity index (χ2v) is 13.8. The van der Waals surface area contributed by atoms with Crippen molar-refractivity contribution in [3.63, 3.8) is 0 Å². The number of pyridine rings is 1. The molecule has 4 atom stereocenters. The van der Waals surface area contributed by atoms with Gasteiger partial charge in [0.25, 0.3) is 5.91 Å². The zero-order valence-electron chi connectivity index (χ0n) is 25.9. The van der Waals surface area contributed by atoms with E-state index in [2.05, 4.69) is 21.3 Å². The van der Waals surface area contributed by atoms with Crippen molar-refractivity contribution in [3.05, 3.63) is 36.0 Å². The average Bonchev–Trinajstić information content (AvgIpc) is 3.31. The van der Waals surface area contributed by atoms with Gasteiger partial charge in [-0.15, -0.1) is 0 Å². The minimum Gasteiger partial charge on any atom is -0.494 e. The first-order chi connectivity index (χ1) is 21.0. The van der Waals surface area contributed by atoms with E-state index in [1.807, 2.05) is 43.9 Å². The van der Waals surface area contributed by atoms with Gasteiger partial charge in [-0.3, -0.25) is 14.6 Å². The second-order valence-electron chi connectivity index (χ2n) is 13.8. The Labute approximate surface area is 258 Å². The molecule has 44 heavy (non-hydrogen) atoms. The summed E-state index contributed by atoms with van der Waals surface area (Å²) < 4.78 is 11.7. The van der Waals surface area contributed by atoms with Crippen LogP contribution in [0, 0.1) is 22.7 Å². The number of ether oxygens (including phenoxy) is 2. The van der Waals surface area contributed by atoms with Crippen LogP contribution in [0.25, 0.3) is 10.9 Å². The molecule has 0 bridgehead atoms. The molecule has 6 rings (SSSR count). The third-order valence-corrected chi connectivity index (χ3v) is 9.39. The zero-order chi connectivity index (χ0) is 31.1. The van der Waals surface area contributed by atoms with Gasteiger partial charge in [0.2, 0.25) is 5.91 Å². The fourth-order valence-corrected chi connectivity index (χ4v) is 7.13.